The highest BCUT2D eigenvalue weighted by Crippen LogP contribution is 2.14. The van der Waals surface area contributed by atoms with Crippen molar-refractivity contribution in [3.8, 4) is 11.4 Å². The third kappa shape index (κ3) is 1.80. The van der Waals surface area contributed by atoms with E-state index in [0.717, 1.165) is 0 Å². The first kappa shape index (κ1) is 9.26. The fourth-order valence-corrected chi connectivity index (χ4v) is 1.22. The first-order chi connectivity index (χ1) is 7.16. The minimum absolute atomic E-state index is 0.0293. The van der Waals surface area contributed by atoms with Gasteiger partial charge in [0.2, 0.25) is 0 Å². The van der Waals surface area contributed by atoms with Crippen LogP contribution in [0, 0.1) is 0 Å². The van der Waals surface area contributed by atoms with Crippen LogP contribution in [0.4, 0.5) is 0 Å². The van der Waals surface area contributed by atoms with Gasteiger partial charge < -0.3 is 10.2 Å². The summed E-state index contributed by atoms with van der Waals surface area (Å²) in [5.74, 6) is -0.964. The quantitative estimate of drug-likeness (QED) is 0.772. The highest BCUT2D eigenvalue weighted by molar-refractivity contribution is 5.85. The third-order valence-corrected chi connectivity index (χ3v) is 1.90. The van der Waals surface area contributed by atoms with Crippen molar-refractivity contribution in [3.05, 3.63) is 42.2 Å². The largest absolute Gasteiger partial charge is 0.508 e. The van der Waals surface area contributed by atoms with Gasteiger partial charge in [0.1, 0.15) is 5.75 Å². The number of carboxylic acids is 1. The maximum absolute atomic E-state index is 10.6. The Morgan fingerprint density at radius 3 is 2.73 bits per heavy atom. The molecule has 0 unspecified atom stereocenters. The molecule has 2 rings (SSSR count). The van der Waals surface area contributed by atoms with Gasteiger partial charge in [0.15, 0.2) is 5.69 Å². The van der Waals surface area contributed by atoms with Crippen molar-refractivity contribution >= 4 is 5.97 Å². The predicted molar refractivity (Wildman–Crippen MR) is 52.2 cm³/mol. The molecule has 0 amide bonds. The Morgan fingerprint density at radius 1 is 1.33 bits per heavy atom. The smallest absolute Gasteiger partial charge is 0.356 e. The van der Waals surface area contributed by atoms with E-state index in [0.29, 0.717) is 5.69 Å². The van der Waals surface area contributed by atoms with Crippen molar-refractivity contribution in [1.82, 2.24) is 9.78 Å². The molecule has 0 radical (unpaired) electrons. The van der Waals surface area contributed by atoms with Crippen molar-refractivity contribution in [1.29, 1.82) is 0 Å². The number of benzene rings is 1. The second kappa shape index (κ2) is 3.45. The normalized spacial score (nSPS) is 10.1. The third-order valence-electron chi connectivity index (χ3n) is 1.90. The molecular weight excluding hydrogens is 196 g/mol. The molecule has 0 fully saturated rings. The van der Waals surface area contributed by atoms with Crippen LogP contribution in [0.5, 0.6) is 5.75 Å². The van der Waals surface area contributed by atoms with E-state index in [9.17, 15) is 9.90 Å². The SMILES string of the molecule is O=C(O)c1ccn(-c2cccc(O)c2)n1. The fourth-order valence-electron chi connectivity index (χ4n) is 1.22. The molecule has 1 aromatic heterocycles. The van der Waals surface area contributed by atoms with E-state index in [4.69, 9.17) is 5.11 Å². The lowest BCUT2D eigenvalue weighted by Crippen LogP contribution is -2.00. The number of aromatic carboxylic acids is 1. The number of carbonyl (C=O) groups is 1. The average molecular weight is 204 g/mol. The molecule has 0 spiro atoms. The zero-order valence-corrected chi connectivity index (χ0v) is 7.66. The van der Waals surface area contributed by atoms with Gasteiger partial charge in [0.05, 0.1) is 5.69 Å². The monoisotopic (exact) mass is 204 g/mol. The molecule has 0 aliphatic heterocycles. The van der Waals surface area contributed by atoms with Crippen LogP contribution in [0.25, 0.3) is 5.69 Å². The lowest BCUT2D eigenvalue weighted by Gasteiger charge is -2.00. The van der Waals surface area contributed by atoms with Crippen LogP contribution < -0.4 is 0 Å². The minimum atomic E-state index is -1.08. The predicted octanol–water partition coefficient (Wildman–Crippen LogP) is 1.28. The van der Waals surface area contributed by atoms with Gasteiger partial charge in [-0.25, -0.2) is 9.48 Å². The Kier molecular flexibility index (Phi) is 2.13. The molecule has 5 nitrogen and oxygen atoms in total. The van der Waals surface area contributed by atoms with Gasteiger partial charge in [0.25, 0.3) is 0 Å². The Bertz CT molecular complexity index is 505. The maximum Gasteiger partial charge on any atom is 0.356 e. The van der Waals surface area contributed by atoms with Crippen LogP contribution in [0.1, 0.15) is 10.5 Å². The van der Waals surface area contributed by atoms with Gasteiger partial charge in [-0.05, 0) is 18.2 Å². The molecule has 1 heterocycles. The number of rotatable bonds is 2. The number of phenols is 1. The standard InChI is InChI=1S/C10H8N2O3/c13-8-3-1-2-7(6-8)12-5-4-9(11-12)10(14)15/h1-6,13H,(H,14,15). The number of phenolic OH excluding ortho intramolecular Hbond substituents is 1. The number of hydrogen-bond donors (Lipinski definition) is 2. The van der Waals surface area contributed by atoms with E-state index >= 15 is 0 Å². The van der Waals surface area contributed by atoms with E-state index in [-0.39, 0.29) is 11.4 Å². The highest BCUT2D eigenvalue weighted by Gasteiger charge is 2.07. The molecule has 0 saturated carbocycles. The molecule has 0 saturated heterocycles. The molecule has 1 aromatic carbocycles. The Labute approximate surface area is 85.2 Å². The van der Waals surface area contributed by atoms with E-state index in [1.54, 1.807) is 12.1 Å². The van der Waals surface area contributed by atoms with Crippen LogP contribution in [0.15, 0.2) is 36.5 Å². The zero-order valence-electron chi connectivity index (χ0n) is 7.66. The number of nitrogens with zero attached hydrogens (tertiary/aromatic N) is 2. The van der Waals surface area contributed by atoms with Crippen molar-refractivity contribution in [2.24, 2.45) is 0 Å². The maximum atomic E-state index is 10.6. The second-order valence-electron chi connectivity index (χ2n) is 2.97. The summed E-state index contributed by atoms with van der Waals surface area (Å²) < 4.78 is 1.39. The zero-order chi connectivity index (χ0) is 10.8. The Morgan fingerprint density at radius 2 is 2.13 bits per heavy atom. The Hall–Kier alpha value is -2.30. The summed E-state index contributed by atoms with van der Waals surface area (Å²) in [5.41, 5.74) is 0.584. The van der Waals surface area contributed by atoms with Gasteiger partial charge in [-0.15, -0.1) is 0 Å². The molecule has 5 heteroatoms. The summed E-state index contributed by atoms with van der Waals surface area (Å²) in [4.78, 5) is 10.6. The number of aromatic nitrogens is 2. The summed E-state index contributed by atoms with van der Waals surface area (Å²) in [6.45, 7) is 0. The van der Waals surface area contributed by atoms with Crippen LogP contribution in [-0.2, 0) is 0 Å². The topological polar surface area (TPSA) is 75.3 Å². The first-order valence-corrected chi connectivity index (χ1v) is 4.25. The molecular formula is C10H8N2O3. The van der Waals surface area contributed by atoms with E-state index in [1.807, 2.05) is 0 Å². The molecule has 2 N–H and O–H groups in total. The molecule has 15 heavy (non-hydrogen) atoms. The van der Waals surface area contributed by atoms with E-state index < -0.39 is 5.97 Å². The minimum Gasteiger partial charge on any atom is -0.508 e. The summed E-state index contributed by atoms with van der Waals surface area (Å²) in [5, 5.41) is 21.7. The van der Waals surface area contributed by atoms with Crippen molar-refractivity contribution in [3.63, 3.8) is 0 Å². The molecule has 0 bridgehead atoms. The van der Waals surface area contributed by atoms with Crippen molar-refractivity contribution < 1.29 is 15.0 Å². The second-order valence-corrected chi connectivity index (χ2v) is 2.97. The molecule has 0 atom stereocenters. The van der Waals surface area contributed by atoms with Crippen LogP contribution in [0.2, 0.25) is 0 Å². The van der Waals surface area contributed by atoms with Gasteiger partial charge >= 0.3 is 5.97 Å². The van der Waals surface area contributed by atoms with Crippen LogP contribution in [0.3, 0.4) is 0 Å². The number of hydrogen-bond acceptors (Lipinski definition) is 3. The van der Waals surface area contributed by atoms with Gasteiger partial charge in [-0.1, -0.05) is 6.07 Å². The lowest BCUT2D eigenvalue weighted by atomic mass is 10.3. The van der Waals surface area contributed by atoms with Crippen LogP contribution >= 0.6 is 0 Å². The molecule has 0 aliphatic carbocycles. The number of aromatic hydroxyl groups is 1. The van der Waals surface area contributed by atoms with E-state index in [1.165, 1.54) is 29.1 Å². The first-order valence-electron chi connectivity index (χ1n) is 4.25. The van der Waals surface area contributed by atoms with Crippen molar-refractivity contribution in [2.75, 3.05) is 0 Å². The molecule has 76 valence electrons. The van der Waals surface area contributed by atoms with E-state index in [2.05, 4.69) is 5.10 Å². The van der Waals surface area contributed by atoms with Crippen LogP contribution in [-0.4, -0.2) is 26.0 Å². The lowest BCUT2D eigenvalue weighted by molar-refractivity contribution is 0.0690. The van der Waals surface area contributed by atoms with Gasteiger partial charge in [0, 0.05) is 12.3 Å². The summed E-state index contributed by atoms with van der Waals surface area (Å²) in [6, 6.07) is 7.81. The molecule has 2 aromatic rings. The van der Waals surface area contributed by atoms with Gasteiger partial charge in [-0.3, -0.25) is 0 Å². The summed E-state index contributed by atoms with van der Waals surface area (Å²) >= 11 is 0. The van der Waals surface area contributed by atoms with Crippen molar-refractivity contribution in [2.45, 2.75) is 0 Å². The fraction of sp³-hybridized carbons (Fsp3) is 0. The Balaban J connectivity index is 2.41. The summed E-state index contributed by atoms with van der Waals surface area (Å²) in [7, 11) is 0. The highest BCUT2D eigenvalue weighted by atomic mass is 16.4. The summed E-state index contributed by atoms with van der Waals surface area (Å²) in [6.07, 6.45) is 1.53. The number of carboxylic acid groups (broad SMARTS) is 1. The molecule has 0 aliphatic rings. The average Bonchev–Trinajstić information content (AvgIpc) is 2.66. The van der Waals surface area contributed by atoms with Gasteiger partial charge in [-0.2, -0.15) is 5.10 Å².